The van der Waals surface area contributed by atoms with Crippen LogP contribution >= 0.6 is 0 Å². The number of fused-ring (bicyclic) bond motifs is 1. The third-order valence-electron chi connectivity index (χ3n) is 2.40. The summed E-state index contributed by atoms with van der Waals surface area (Å²) in [6, 6.07) is 4.93. The number of aliphatic hydroxyl groups is 1. The molecule has 2 aromatic rings. The van der Waals surface area contributed by atoms with Gasteiger partial charge in [0.25, 0.3) is 0 Å². The summed E-state index contributed by atoms with van der Waals surface area (Å²) in [5, 5.41) is 8.95. The Morgan fingerprint density at radius 1 is 1.39 bits per heavy atom. The van der Waals surface area contributed by atoms with E-state index in [-0.39, 0.29) is 17.6 Å². The SMILES string of the molecule is O=Cc1coc2ccc(C#CCCO)cc2c1=O. The first-order chi connectivity index (χ1) is 8.76. The Morgan fingerprint density at radius 2 is 2.22 bits per heavy atom. The van der Waals surface area contributed by atoms with Crippen molar-refractivity contribution in [3.8, 4) is 11.8 Å². The van der Waals surface area contributed by atoms with Crippen molar-refractivity contribution >= 4 is 17.3 Å². The second-order valence-electron chi connectivity index (χ2n) is 3.62. The third kappa shape index (κ3) is 2.31. The number of aldehydes is 1. The first kappa shape index (κ1) is 12.1. The molecule has 2 rings (SSSR count). The van der Waals surface area contributed by atoms with Gasteiger partial charge < -0.3 is 9.52 Å². The first-order valence-electron chi connectivity index (χ1n) is 5.36. The second-order valence-corrected chi connectivity index (χ2v) is 3.62. The van der Waals surface area contributed by atoms with Gasteiger partial charge in [-0.25, -0.2) is 0 Å². The topological polar surface area (TPSA) is 67.5 Å². The number of hydrogen-bond donors (Lipinski definition) is 1. The minimum absolute atomic E-state index is 0.00197. The smallest absolute Gasteiger partial charge is 0.203 e. The van der Waals surface area contributed by atoms with Crippen LogP contribution in [0.15, 0.2) is 33.7 Å². The largest absolute Gasteiger partial charge is 0.463 e. The molecule has 0 saturated carbocycles. The van der Waals surface area contributed by atoms with Crippen molar-refractivity contribution in [1.82, 2.24) is 0 Å². The van der Waals surface area contributed by atoms with Gasteiger partial charge in [-0.05, 0) is 18.2 Å². The van der Waals surface area contributed by atoms with Gasteiger partial charge in [-0.1, -0.05) is 11.8 Å². The molecule has 0 spiro atoms. The van der Waals surface area contributed by atoms with Crippen LogP contribution in [0.3, 0.4) is 0 Å². The average Bonchev–Trinajstić information content (AvgIpc) is 2.40. The predicted molar refractivity (Wildman–Crippen MR) is 66.5 cm³/mol. The minimum Gasteiger partial charge on any atom is -0.463 e. The Labute approximate surface area is 103 Å². The number of aliphatic hydroxyl groups excluding tert-OH is 1. The van der Waals surface area contributed by atoms with E-state index >= 15 is 0 Å². The van der Waals surface area contributed by atoms with Crippen molar-refractivity contribution < 1.29 is 14.3 Å². The molecule has 18 heavy (non-hydrogen) atoms. The van der Waals surface area contributed by atoms with Gasteiger partial charge in [0, 0.05) is 12.0 Å². The van der Waals surface area contributed by atoms with Crippen LogP contribution in [0.5, 0.6) is 0 Å². The van der Waals surface area contributed by atoms with Crippen LogP contribution in [-0.4, -0.2) is 18.0 Å². The summed E-state index contributed by atoms with van der Waals surface area (Å²) >= 11 is 0. The zero-order chi connectivity index (χ0) is 13.0. The zero-order valence-electron chi connectivity index (χ0n) is 9.47. The first-order valence-corrected chi connectivity index (χ1v) is 5.36. The molecule has 0 saturated heterocycles. The Balaban J connectivity index is 2.57. The summed E-state index contributed by atoms with van der Waals surface area (Å²) in [5.74, 6) is 5.59. The van der Waals surface area contributed by atoms with Crippen molar-refractivity contribution in [2.45, 2.75) is 6.42 Å². The van der Waals surface area contributed by atoms with Crippen LogP contribution < -0.4 is 5.43 Å². The molecule has 0 unspecified atom stereocenters. The highest BCUT2D eigenvalue weighted by molar-refractivity contribution is 5.84. The third-order valence-corrected chi connectivity index (χ3v) is 2.40. The molecule has 4 heteroatoms. The van der Waals surface area contributed by atoms with E-state index in [1.54, 1.807) is 18.2 Å². The average molecular weight is 242 g/mol. The van der Waals surface area contributed by atoms with E-state index in [1.807, 2.05) is 0 Å². The fraction of sp³-hybridized carbons (Fsp3) is 0.143. The number of carbonyl (C=O) groups is 1. The van der Waals surface area contributed by atoms with Crippen LogP contribution in [0.2, 0.25) is 0 Å². The Hall–Kier alpha value is -2.38. The molecule has 90 valence electrons. The van der Waals surface area contributed by atoms with E-state index in [4.69, 9.17) is 9.52 Å². The molecule has 1 heterocycles. The van der Waals surface area contributed by atoms with Gasteiger partial charge in [0.15, 0.2) is 6.29 Å². The van der Waals surface area contributed by atoms with Crippen LogP contribution in [-0.2, 0) is 0 Å². The van der Waals surface area contributed by atoms with E-state index < -0.39 is 0 Å². The molecule has 1 N–H and O–H groups in total. The van der Waals surface area contributed by atoms with Crippen molar-refractivity contribution in [2.24, 2.45) is 0 Å². The molecule has 0 atom stereocenters. The van der Waals surface area contributed by atoms with Gasteiger partial charge in [0.05, 0.1) is 17.6 Å². The molecule has 0 aliphatic heterocycles. The number of carbonyl (C=O) groups excluding carboxylic acids is 1. The van der Waals surface area contributed by atoms with E-state index in [2.05, 4.69) is 11.8 Å². The maximum Gasteiger partial charge on any atom is 0.203 e. The lowest BCUT2D eigenvalue weighted by molar-refractivity contribution is 0.112. The lowest BCUT2D eigenvalue weighted by Gasteiger charge is -1.98. The van der Waals surface area contributed by atoms with Crippen molar-refractivity contribution in [3.63, 3.8) is 0 Å². The van der Waals surface area contributed by atoms with Crippen LogP contribution in [0.25, 0.3) is 11.0 Å². The Morgan fingerprint density at radius 3 is 2.94 bits per heavy atom. The van der Waals surface area contributed by atoms with Crippen LogP contribution in [0.1, 0.15) is 22.3 Å². The molecule has 0 bridgehead atoms. The zero-order valence-corrected chi connectivity index (χ0v) is 9.47. The fourth-order valence-corrected chi connectivity index (χ4v) is 1.53. The molecule has 1 aromatic carbocycles. The monoisotopic (exact) mass is 242 g/mol. The summed E-state index contributed by atoms with van der Waals surface area (Å²) in [4.78, 5) is 22.5. The maximum atomic E-state index is 11.9. The maximum absolute atomic E-state index is 11.9. The van der Waals surface area contributed by atoms with Crippen molar-refractivity contribution in [1.29, 1.82) is 0 Å². The summed E-state index contributed by atoms with van der Waals surface area (Å²) in [7, 11) is 0. The highest BCUT2D eigenvalue weighted by Crippen LogP contribution is 2.12. The lowest BCUT2D eigenvalue weighted by Crippen LogP contribution is -2.07. The van der Waals surface area contributed by atoms with E-state index in [9.17, 15) is 9.59 Å². The molecular formula is C14H10O4. The second kappa shape index (κ2) is 5.30. The lowest BCUT2D eigenvalue weighted by atomic mass is 10.1. The molecule has 4 nitrogen and oxygen atoms in total. The summed E-state index contributed by atoms with van der Waals surface area (Å²) in [6.45, 7) is -0.00197. The van der Waals surface area contributed by atoms with Crippen LogP contribution in [0, 0.1) is 11.8 Å². The molecular weight excluding hydrogens is 232 g/mol. The Kier molecular flexibility index (Phi) is 3.56. The van der Waals surface area contributed by atoms with Crippen molar-refractivity contribution in [3.05, 3.63) is 45.8 Å². The Bertz CT molecular complexity index is 701. The fourth-order valence-electron chi connectivity index (χ4n) is 1.53. The predicted octanol–water partition coefficient (Wildman–Crippen LogP) is 1.34. The molecule has 1 aromatic heterocycles. The standard InChI is InChI=1S/C14H10O4/c15-6-2-1-3-10-4-5-13-12(7-10)14(17)11(8-16)9-18-13/h4-5,7-9,15H,2,6H2. The molecule has 0 aliphatic rings. The number of rotatable bonds is 2. The molecule has 0 aliphatic carbocycles. The minimum atomic E-state index is -0.364. The van der Waals surface area contributed by atoms with E-state index in [1.165, 1.54) is 0 Å². The van der Waals surface area contributed by atoms with Gasteiger partial charge in [-0.3, -0.25) is 9.59 Å². The molecule has 0 radical (unpaired) electrons. The van der Waals surface area contributed by atoms with Gasteiger partial charge in [0.2, 0.25) is 5.43 Å². The van der Waals surface area contributed by atoms with Crippen molar-refractivity contribution in [2.75, 3.05) is 6.61 Å². The van der Waals surface area contributed by atoms with Gasteiger partial charge >= 0.3 is 0 Å². The highest BCUT2D eigenvalue weighted by atomic mass is 16.3. The van der Waals surface area contributed by atoms with Crippen LogP contribution in [0.4, 0.5) is 0 Å². The summed E-state index contributed by atoms with van der Waals surface area (Å²) < 4.78 is 5.18. The quantitative estimate of drug-likeness (QED) is 0.637. The summed E-state index contributed by atoms with van der Waals surface area (Å²) in [5.41, 5.74) is 0.685. The van der Waals surface area contributed by atoms with Gasteiger partial charge in [-0.15, -0.1) is 0 Å². The number of benzene rings is 1. The van der Waals surface area contributed by atoms with Gasteiger partial charge in [0.1, 0.15) is 11.8 Å². The molecule has 0 amide bonds. The summed E-state index contributed by atoms with van der Waals surface area (Å²) in [6.07, 6.45) is 1.99. The normalized spacial score (nSPS) is 9.83. The van der Waals surface area contributed by atoms with E-state index in [0.717, 1.165) is 6.26 Å². The molecule has 0 fully saturated rings. The van der Waals surface area contributed by atoms with Gasteiger partial charge in [-0.2, -0.15) is 0 Å². The van der Waals surface area contributed by atoms with E-state index in [0.29, 0.717) is 29.2 Å². The number of hydrogen-bond acceptors (Lipinski definition) is 4. The highest BCUT2D eigenvalue weighted by Gasteiger charge is 2.06.